The van der Waals surface area contributed by atoms with Crippen LogP contribution in [0.15, 0.2) is 35.5 Å². The molecule has 0 atom stereocenters. The van der Waals surface area contributed by atoms with Crippen LogP contribution in [0.1, 0.15) is 12.5 Å². The fraction of sp³-hybridized carbons (Fsp3) is 0.231. The number of hydrogen-bond donors (Lipinski definition) is 3. The van der Waals surface area contributed by atoms with E-state index in [1.54, 1.807) is 6.07 Å². The van der Waals surface area contributed by atoms with E-state index in [1.165, 1.54) is 17.3 Å². The highest BCUT2D eigenvalue weighted by molar-refractivity contribution is 7.98. The van der Waals surface area contributed by atoms with E-state index in [0.717, 1.165) is 17.9 Å². The number of nitrogens with one attached hydrogen (secondary N) is 2. The molecule has 0 saturated carbocycles. The van der Waals surface area contributed by atoms with E-state index < -0.39 is 0 Å². The Morgan fingerprint density at radius 3 is 2.63 bits per heavy atom. The first-order valence-electron chi connectivity index (χ1n) is 6.01. The number of para-hydroxylation sites is 1. The van der Waals surface area contributed by atoms with Gasteiger partial charge in [-0.3, -0.25) is 0 Å². The molecule has 4 N–H and O–H groups in total. The number of hydrogen-bond acceptors (Lipinski definition) is 6. The first-order valence-corrected chi connectivity index (χ1v) is 7.24. The number of nitrogens with zero attached hydrogens (tertiary/aromatic N) is 2. The lowest BCUT2D eigenvalue weighted by Crippen LogP contribution is -2.10. The summed E-state index contributed by atoms with van der Waals surface area (Å²) < 4.78 is 0. The molecule has 0 amide bonds. The van der Waals surface area contributed by atoms with Gasteiger partial charge < -0.3 is 10.7 Å². The van der Waals surface area contributed by atoms with E-state index in [-0.39, 0.29) is 0 Å². The van der Waals surface area contributed by atoms with Gasteiger partial charge >= 0.3 is 0 Å². The van der Waals surface area contributed by atoms with Gasteiger partial charge in [0.15, 0.2) is 5.16 Å². The zero-order valence-electron chi connectivity index (χ0n) is 11.0. The largest absolute Gasteiger partial charge is 0.340 e. The number of hydrazine groups is 1. The van der Waals surface area contributed by atoms with Crippen LogP contribution in [0.3, 0.4) is 0 Å². The van der Waals surface area contributed by atoms with Crippen molar-refractivity contribution in [2.24, 2.45) is 5.84 Å². The standard InChI is InChI=1S/C13H17N5S/c1-3-9-6-4-5-7-10(9)15-11-8-12(18-14)17-13(16-11)19-2/h4-8H,3,14H2,1-2H3,(H2,15,16,17,18). The number of aromatic nitrogens is 2. The summed E-state index contributed by atoms with van der Waals surface area (Å²) in [6.45, 7) is 2.13. The first kappa shape index (κ1) is 13.6. The average molecular weight is 275 g/mol. The van der Waals surface area contributed by atoms with Gasteiger partial charge in [0.05, 0.1) is 0 Å². The highest BCUT2D eigenvalue weighted by Gasteiger charge is 2.05. The second-order valence-electron chi connectivity index (χ2n) is 3.91. The summed E-state index contributed by atoms with van der Waals surface area (Å²) in [6.07, 6.45) is 2.89. The summed E-state index contributed by atoms with van der Waals surface area (Å²) in [4.78, 5) is 8.65. The van der Waals surface area contributed by atoms with Gasteiger partial charge in [-0.15, -0.1) is 0 Å². The van der Waals surface area contributed by atoms with Crippen molar-refractivity contribution in [3.05, 3.63) is 35.9 Å². The number of nitrogen functional groups attached to an aromatic ring is 1. The van der Waals surface area contributed by atoms with E-state index in [1.807, 2.05) is 24.5 Å². The molecule has 0 aliphatic heterocycles. The maximum atomic E-state index is 5.41. The highest BCUT2D eigenvalue weighted by atomic mass is 32.2. The van der Waals surface area contributed by atoms with Crippen LogP contribution < -0.4 is 16.6 Å². The van der Waals surface area contributed by atoms with E-state index in [0.29, 0.717) is 11.0 Å². The maximum Gasteiger partial charge on any atom is 0.191 e. The molecule has 2 rings (SSSR count). The molecule has 0 aliphatic carbocycles. The van der Waals surface area contributed by atoms with Crippen LogP contribution >= 0.6 is 11.8 Å². The Bertz CT molecular complexity index is 536. The molecule has 0 saturated heterocycles. The van der Waals surface area contributed by atoms with Crippen LogP contribution in [0.2, 0.25) is 0 Å². The highest BCUT2D eigenvalue weighted by Crippen LogP contribution is 2.23. The van der Waals surface area contributed by atoms with E-state index in [9.17, 15) is 0 Å². The Balaban J connectivity index is 2.32. The van der Waals surface area contributed by atoms with Crippen LogP contribution in [0, 0.1) is 0 Å². The zero-order chi connectivity index (χ0) is 13.7. The molecule has 0 aliphatic rings. The van der Waals surface area contributed by atoms with Crippen molar-refractivity contribution in [1.29, 1.82) is 0 Å². The number of rotatable bonds is 5. The third-order valence-electron chi connectivity index (χ3n) is 2.70. The fourth-order valence-electron chi connectivity index (χ4n) is 1.74. The van der Waals surface area contributed by atoms with Crippen LogP contribution in [-0.2, 0) is 6.42 Å². The predicted molar refractivity (Wildman–Crippen MR) is 80.7 cm³/mol. The fourth-order valence-corrected chi connectivity index (χ4v) is 2.12. The molecular weight excluding hydrogens is 258 g/mol. The summed E-state index contributed by atoms with van der Waals surface area (Å²) in [7, 11) is 0. The van der Waals surface area contributed by atoms with Crippen molar-refractivity contribution in [2.75, 3.05) is 17.0 Å². The van der Waals surface area contributed by atoms with Crippen LogP contribution in [-0.4, -0.2) is 16.2 Å². The van der Waals surface area contributed by atoms with Gasteiger partial charge in [0.25, 0.3) is 0 Å². The second kappa shape index (κ2) is 6.40. The van der Waals surface area contributed by atoms with E-state index in [2.05, 4.69) is 33.7 Å². The van der Waals surface area contributed by atoms with E-state index in [4.69, 9.17) is 5.84 Å². The molecule has 0 radical (unpaired) electrons. The van der Waals surface area contributed by atoms with Gasteiger partial charge in [-0.2, -0.15) is 0 Å². The van der Waals surface area contributed by atoms with Gasteiger partial charge in [0.2, 0.25) is 0 Å². The smallest absolute Gasteiger partial charge is 0.191 e. The Morgan fingerprint density at radius 1 is 1.21 bits per heavy atom. The molecule has 1 aromatic carbocycles. The molecule has 19 heavy (non-hydrogen) atoms. The molecule has 0 bridgehead atoms. The average Bonchev–Trinajstić information content (AvgIpc) is 2.47. The predicted octanol–water partition coefficient (Wildman–Crippen LogP) is 2.79. The van der Waals surface area contributed by atoms with Gasteiger partial charge in [-0.1, -0.05) is 36.9 Å². The number of thioether (sulfide) groups is 1. The quantitative estimate of drug-likeness (QED) is 0.337. The summed E-state index contributed by atoms with van der Waals surface area (Å²) >= 11 is 1.48. The second-order valence-corrected chi connectivity index (χ2v) is 4.68. The topological polar surface area (TPSA) is 75.9 Å². The Morgan fingerprint density at radius 2 is 1.95 bits per heavy atom. The van der Waals surface area contributed by atoms with Crippen molar-refractivity contribution in [1.82, 2.24) is 9.97 Å². The number of anilines is 3. The number of aryl methyl sites for hydroxylation is 1. The number of nitrogens with two attached hydrogens (primary N) is 1. The summed E-state index contributed by atoms with van der Waals surface area (Å²) in [5.41, 5.74) is 4.85. The molecule has 2 aromatic rings. The lowest BCUT2D eigenvalue weighted by molar-refractivity contribution is 0.970. The minimum Gasteiger partial charge on any atom is -0.340 e. The van der Waals surface area contributed by atoms with Crippen LogP contribution in [0.25, 0.3) is 0 Å². The first-order chi connectivity index (χ1) is 9.26. The van der Waals surface area contributed by atoms with Crippen LogP contribution in [0.4, 0.5) is 17.3 Å². The summed E-state index contributed by atoms with van der Waals surface area (Å²) in [5, 5.41) is 3.99. The Kier molecular flexibility index (Phi) is 4.59. The summed E-state index contributed by atoms with van der Waals surface area (Å²) in [5.74, 6) is 6.74. The zero-order valence-corrected chi connectivity index (χ0v) is 11.8. The minimum absolute atomic E-state index is 0.593. The molecule has 5 nitrogen and oxygen atoms in total. The molecular formula is C13H17N5S. The normalized spacial score (nSPS) is 10.3. The van der Waals surface area contributed by atoms with Crippen molar-refractivity contribution < 1.29 is 0 Å². The van der Waals surface area contributed by atoms with Crippen molar-refractivity contribution >= 4 is 29.1 Å². The van der Waals surface area contributed by atoms with Crippen molar-refractivity contribution in [3.63, 3.8) is 0 Å². The lowest BCUT2D eigenvalue weighted by atomic mass is 10.1. The van der Waals surface area contributed by atoms with Crippen molar-refractivity contribution in [3.8, 4) is 0 Å². The molecule has 0 spiro atoms. The monoisotopic (exact) mass is 275 g/mol. The Labute approximate surface area is 117 Å². The van der Waals surface area contributed by atoms with Gasteiger partial charge in [0, 0.05) is 11.8 Å². The SMILES string of the molecule is CCc1ccccc1Nc1cc(NN)nc(SC)n1. The van der Waals surface area contributed by atoms with Gasteiger partial charge in [0.1, 0.15) is 11.6 Å². The molecule has 1 heterocycles. The molecule has 6 heteroatoms. The summed E-state index contributed by atoms with van der Waals surface area (Å²) in [6, 6.07) is 9.95. The Hall–Kier alpha value is -1.79. The molecule has 0 unspecified atom stereocenters. The van der Waals surface area contributed by atoms with Gasteiger partial charge in [-0.25, -0.2) is 15.8 Å². The van der Waals surface area contributed by atoms with Gasteiger partial charge in [-0.05, 0) is 24.3 Å². The third-order valence-corrected chi connectivity index (χ3v) is 3.24. The number of benzene rings is 1. The maximum absolute atomic E-state index is 5.41. The van der Waals surface area contributed by atoms with Crippen molar-refractivity contribution in [2.45, 2.75) is 18.5 Å². The lowest BCUT2D eigenvalue weighted by Gasteiger charge is -2.11. The molecule has 1 aromatic heterocycles. The molecule has 0 fully saturated rings. The molecule has 100 valence electrons. The third kappa shape index (κ3) is 3.36. The van der Waals surface area contributed by atoms with Crippen LogP contribution in [0.5, 0.6) is 0 Å². The minimum atomic E-state index is 0.593. The van der Waals surface area contributed by atoms with E-state index >= 15 is 0 Å².